The first kappa shape index (κ1) is 25.1. The van der Waals surface area contributed by atoms with Crippen LogP contribution >= 0.6 is 0 Å². The molecule has 5 rings (SSSR count). The van der Waals surface area contributed by atoms with Gasteiger partial charge < -0.3 is 16.1 Å². The van der Waals surface area contributed by atoms with Crippen molar-refractivity contribution in [3.63, 3.8) is 0 Å². The van der Waals surface area contributed by atoms with E-state index in [4.69, 9.17) is 4.98 Å². The van der Waals surface area contributed by atoms with Crippen LogP contribution in [-0.2, 0) is 9.59 Å². The third-order valence-corrected chi connectivity index (χ3v) is 6.62. The van der Waals surface area contributed by atoms with Crippen LogP contribution in [0.5, 0.6) is 0 Å². The second kappa shape index (κ2) is 11.2. The molecule has 2 heterocycles. The van der Waals surface area contributed by atoms with Crippen molar-refractivity contribution in [2.24, 2.45) is 0 Å². The number of ketones is 1. The van der Waals surface area contributed by atoms with Crippen molar-refractivity contribution < 1.29 is 9.59 Å². The van der Waals surface area contributed by atoms with Gasteiger partial charge in [-0.05, 0) is 67.8 Å². The van der Waals surface area contributed by atoms with Gasteiger partial charge in [0.2, 0.25) is 11.9 Å². The molecule has 8 nitrogen and oxygen atoms in total. The number of rotatable bonds is 8. The third-order valence-electron chi connectivity index (χ3n) is 6.62. The first-order valence-corrected chi connectivity index (χ1v) is 12.7. The lowest BCUT2D eigenvalue weighted by molar-refractivity contribution is -0.122. The number of anilines is 4. The molecule has 0 spiro atoms. The molecule has 1 amide bonds. The molecule has 0 saturated carbocycles. The van der Waals surface area contributed by atoms with Crippen LogP contribution in [0, 0.1) is 0 Å². The largest absolute Gasteiger partial charge is 0.324 e. The summed E-state index contributed by atoms with van der Waals surface area (Å²) in [5, 5.41) is 9.05. The van der Waals surface area contributed by atoms with Crippen LogP contribution in [0.15, 0.2) is 85.6 Å². The van der Waals surface area contributed by atoms with Gasteiger partial charge in [-0.1, -0.05) is 43.3 Å². The maximum Gasteiger partial charge on any atom is 0.247 e. The lowest BCUT2D eigenvalue weighted by atomic mass is 10.0. The summed E-state index contributed by atoms with van der Waals surface area (Å²) in [5.41, 5.74) is 8.52. The molecule has 0 aliphatic carbocycles. The Hall–Kier alpha value is -4.56. The van der Waals surface area contributed by atoms with Gasteiger partial charge in [-0.25, -0.2) is 15.0 Å². The monoisotopic (exact) mass is 506 g/mol. The van der Waals surface area contributed by atoms with Crippen molar-refractivity contribution in [2.45, 2.75) is 32.2 Å². The Labute approximate surface area is 221 Å². The van der Waals surface area contributed by atoms with Gasteiger partial charge >= 0.3 is 0 Å². The van der Waals surface area contributed by atoms with Gasteiger partial charge in [0, 0.05) is 40.8 Å². The molecule has 38 heavy (non-hydrogen) atoms. The number of nitrogens with zero attached hydrogens (tertiary/aromatic N) is 3. The quantitative estimate of drug-likeness (QED) is 0.255. The number of aromatic nitrogens is 2. The van der Waals surface area contributed by atoms with E-state index in [2.05, 4.69) is 27.6 Å². The summed E-state index contributed by atoms with van der Waals surface area (Å²) in [6, 6.07) is 21.4. The topological polar surface area (TPSA) is 99.2 Å². The number of Topliss-reactive ketones (excluding diaryl/α,β-unsaturated/α-hetero) is 1. The minimum Gasteiger partial charge on any atom is -0.324 e. The van der Waals surface area contributed by atoms with E-state index in [0.29, 0.717) is 11.6 Å². The minimum atomic E-state index is -0.260. The molecule has 3 N–H and O–H groups in total. The normalized spacial score (nSPS) is 15.6. The molecule has 0 radical (unpaired) electrons. The zero-order chi connectivity index (χ0) is 26.5. The first-order chi connectivity index (χ1) is 18.5. The van der Waals surface area contributed by atoms with Gasteiger partial charge in [-0.2, -0.15) is 0 Å². The highest BCUT2D eigenvalue weighted by atomic mass is 16.1. The van der Waals surface area contributed by atoms with Crippen LogP contribution in [0.3, 0.4) is 0 Å². The predicted octanol–water partition coefficient (Wildman–Crippen LogP) is 5.94. The third kappa shape index (κ3) is 5.71. The van der Waals surface area contributed by atoms with Crippen LogP contribution in [0.2, 0.25) is 0 Å². The Kier molecular flexibility index (Phi) is 7.42. The van der Waals surface area contributed by atoms with Crippen LogP contribution in [-0.4, -0.2) is 39.3 Å². The number of carbonyl (C=O) groups excluding carboxylic acids is 2. The SMILES string of the molecule is C=CC(=O)Nc1cccc(-c2cccc3cnc(Nc4ccc(NN5CCCCC5C(C)=O)cc4)nc23)c1. The summed E-state index contributed by atoms with van der Waals surface area (Å²) in [5.74, 6) is 0.413. The molecule has 192 valence electrons. The number of benzene rings is 3. The fraction of sp³-hybridized carbons (Fsp3) is 0.200. The van der Waals surface area contributed by atoms with E-state index in [0.717, 1.165) is 59.2 Å². The highest BCUT2D eigenvalue weighted by molar-refractivity contribution is 6.00. The smallest absolute Gasteiger partial charge is 0.247 e. The van der Waals surface area contributed by atoms with Gasteiger partial charge in [0.05, 0.1) is 11.6 Å². The number of para-hydroxylation sites is 1. The van der Waals surface area contributed by atoms with E-state index in [1.54, 1.807) is 13.1 Å². The Bertz CT molecular complexity index is 1480. The van der Waals surface area contributed by atoms with E-state index in [1.807, 2.05) is 71.7 Å². The first-order valence-electron chi connectivity index (χ1n) is 12.7. The standard InChI is InChI=1S/C30H30N6O2/c1-3-28(38)32-25-10-6-8-21(18-25)26-11-7-9-22-19-31-30(34-29(22)26)33-23-13-15-24(16-14-23)35-36-17-5-4-12-27(36)20(2)37/h3,6-11,13-16,18-19,27,35H,1,4-5,12,17H2,2H3,(H,32,38)(H,31,33,34). The number of fused-ring (bicyclic) bond motifs is 1. The summed E-state index contributed by atoms with van der Waals surface area (Å²) in [6.45, 7) is 6.01. The van der Waals surface area contributed by atoms with Crippen LogP contribution in [0.1, 0.15) is 26.2 Å². The van der Waals surface area contributed by atoms with E-state index >= 15 is 0 Å². The van der Waals surface area contributed by atoms with Gasteiger partial charge in [0.1, 0.15) is 5.78 Å². The molecule has 4 aromatic rings. The maximum atomic E-state index is 12.0. The second-order valence-corrected chi connectivity index (χ2v) is 9.34. The number of hydrazine groups is 1. The predicted molar refractivity (Wildman–Crippen MR) is 152 cm³/mol. The van der Waals surface area contributed by atoms with Gasteiger partial charge in [-0.15, -0.1) is 0 Å². The average molecular weight is 507 g/mol. The summed E-state index contributed by atoms with van der Waals surface area (Å²) >= 11 is 0. The van der Waals surface area contributed by atoms with Gasteiger partial charge in [-0.3, -0.25) is 9.59 Å². The van der Waals surface area contributed by atoms with E-state index in [9.17, 15) is 9.59 Å². The van der Waals surface area contributed by atoms with Crippen molar-refractivity contribution in [1.29, 1.82) is 0 Å². The molecular formula is C30H30N6O2. The summed E-state index contributed by atoms with van der Waals surface area (Å²) in [6.07, 6.45) is 6.08. The van der Waals surface area contributed by atoms with Crippen molar-refractivity contribution >= 4 is 45.6 Å². The van der Waals surface area contributed by atoms with E-state index in [1.165, 1.54) is 6.08 Å². The minimum absolute atomic E-state index is 0.0827. The van der Waals surface area contributed by atoms with Crippen LogP contribution in [0.25, 0.3) is 22.0 Å². The molecule has 1 atom stereocenters. The number of carbonyl (C=O) groups is 2. The lowest BCUT2D eigenvalue weighted by Crippen LogP contribution is -2.47. The molecule has 0 bridgehead atoms. The van der Waals surface area contributed by atoms with Gasteiger partial charge in [0.25, 0.3) is 0 Å². The Morgan fingerprint density at radius 1 is 1.00 bits per heavy atom. The highest BCUT2D eigenvalue weighted by Crippen LogP contribution is 2.30. The second-order valence-electron chi connectivity index (χ2n) is 9.34. The number of hydrogen-bond donors (Lipinski definition) is 3. The fourth-order valence-electron chi connectivity index (χ4n) is 4.72. The maximum absolute atomic E-state index is 12.0. The number of piperidine rings is 1. The number of hydrogen-bond acceptors (Lipinski definition) is 7. The zero-order valence-corrected chi connectivity index (χ0v) is 21.3. The number of nitrogens with one attached hydrogen (secondary N) is 3. The molecule has 1 aliphatic rings. The molecule has 1 saturated heterocycles. The van der Waals surface area contributed by atoms with Crippen LogP contribution < -0.4 is 16.1 Å². The van der Waals surface area contributed by atoms with Gasteiger partial charge in [0.15, 0.2) is 0 Å². The molecule has 8 heteroatoms. The van der Waals surface area contributed by atoms with E-state index < -0.39 is 0 Å². The van der Waals surface area contributed by atoms with E-state index in [-0.39, 0.29) is 17.7 Å². The summed E-state index contributed by atoms with van der Waals surface area (Å²) in [7, 11) is 0. The Morgan fingerprint density at radius 2 is 1.79 bits per heavy atom. The van der Waals surface area contributed by atoms with Crippen molar-refractivity contribution in [1.82, 2.24) is 15.0 Å². The Balaban J connectivity index is 1.35. The molecule has 1 fully saturated rings. The molecule has 1 aliphatic heterocycles. The van der Waals surface area contributed by atoms with Crippen LogP contribution in [0.4, 0.5) is 23.0 Å². The fourth-order valence-corrected chi connectivity index (χ4v) is 4.72. The average Bonchev–Trinajstić information content (AvgIpc) is 2.94. The lowest BCUT2D eigenvalue weighted by Gasteiger charge is -2.34. The molecule has 1 unspecified atom stereocenters. The summed E-state index contributed by atoms with van der Waals surface area (Å²) < 4.78 is 0. The molecule has 3 aromatic carbocycles. The van der Waals surface area contributed by atoms with Crippen molar-refractivity contribution in [3.05, 3.63) is 85.6 Å². The summed E-state index contributed by atoms with van der Waals surface area (Å²) in [4.78, 5) is 33.1. The van der Waals surface area contributed by atoms with Crippen molar-refractivity contribution in [2.75, 3.05) is 22.6 Å². The molecule has 1 aromatic heterocycles. The molecular weight excluding hydrogens is 476 g/mol. The Morgan fingerprint density at radius 3 is 2.58 bits per heavy atom. The van der Waals surface area contributed by atoms with Crippen molar-refractivity contribution in [3.8, 4) is 11.1 Å². The highest BCUT2D eigenvalue weighted by Gasteiger charge is 2.26. The number of amides is 1. The zero-order valence-electron chi connectivity index (χ0n) is 21.3.